The maximum Gasteiger partial charge on any atom is 0.316 e. The van der Waals surface area contributed by atoms with Gasteiger partial charge in [0.1, 0.15) is 0 Å². The van der Waals surface area contributed by atoms with Gasteiger partial charge in [0.2, 0.25) is 5.91 Å². The molecular weight excluding hydrogens is 170 g/mol. The Balaban J connectivity index is 2.91. The van der Waals surface area contributed by atoms with Gasteiger partial charge in [-0.25, -0.2) is 4.79 Å². The molecule has 0 atom stereocenters. The van der Waals surface area contributed by atoms with Crippen LogP contribution in [0.2, 0.25) is 0 Å². The Morgan fingerprint density at radius 1 is 1.23 bits per heavy atom. The number of anilines is 1. The zero-order valence-corrected chi connectivity index (χ0v) is 6.78. The van der Waals surface area contributed by atoms with Gasteiger partial charge >= 0.3 is 6.03 Å². The van der Waals surface area contributed by atoms with E-state index in [1.165, 1.54) is 6.07 Å². The number of nitrogens with two attached hydrogens (primary N) is 2. The number of hydrogen-bond acceptors (Lipinski definition) is 2. The molecule has 0 aromatic heterocycles. The predicted octanol–water partition coefficient (Wildman–Crippen LogP) is 0.276. The summed E-state index contributed by atoms with van der Waals surface area (Å²) < 4.78 is 0. The lowest BCUT2D eigenvalue weighted by Crippen LogP contribution is -2.19. The maximum absolute atomic E-state index is 10.7. The van der Waals surface area contributed by atoms with Crippen LogP contribution in [0.1, 0.15) is 10.4 Å². The number of amides is 3. The average Bonchev–Trinajstić information content (AvgIpc) is 2.03. The van der Waals surface area contributed by atoms with E-state index < -0.39 is 11.9 Å². The Morgan fingerprint density at radius 3 is 2.46 bits per heavy atom. The fourth-order valence-corrected chi connectivity index (χ4v) is 0.892. The van der Waals surface area contributed by atoms with E-state index in [-0.39, 0.29) is 0 Å². The molecule has 0 radical (unpaired) electrons. The summed E-state index contributed by atoms with van der Waals surface area (Å²) in [6.07, 6.45) is 0. The van der Waals surface area contributed by atoms with Crippen molar-refractivity contribution < 1.29 is 9.59 Å². The third-order valence-electron chi connectivity index (χ3n) is 1.41. The molecule has 1 rings (SSSR count). The smallest absolute Gasteiger partial charge is 0.316 e. The summed E-state index contributed by atoms with van der Waals surface area (Å²) in [6.45, 7) is 0. The van der Waals surface area contributed by atoms with Gasteiger partial charge in [-0.15, -0.1) is 0 Å². The van der Waals surface area contributed by atoms with E-state index in [4.69, 9.17) is 11.5 Å². The van der Waals surface area contributed by atoms with Gasteiger partial charge in [-0.3, -0.25) is 4.79 Å². The molecule has 5 N–H and O–H groups in total. The van der Waals surface area contributed by atoms with E-state index in [1.807, 2.05) is 0 Å². The molecule has 1 aromatic rings. The van der Waals surface area contributed by atoms with Crippen LogP contribution in [0.3, 0.4) is 0 Å². The molecule has 0 saturated carbocycles. The van der Waals surface area contributed by atoms with Gasteiger partial charge in [0.15, 0.2) is 0 Å². The molecule has 0 fully saturated rings. The third kappa shape index (κ3) is 2.48. The van der Waals surface area contributed by atoms with Crippen molar-refractivity contribution in [3.8, 4) is 0 Å². The van der Waals surface area contributed by atoms with Crippen molar-refractivity contribution in [2.75, 3.05) is 5.32 Å². The minimum atomic E-state index is -0.679. The molecule has 0 bridgehead atoms. The Bertz CT molecular complexity index is 349. The predicted molar refractivity (Wildman–Crippen MR) is 48.2 cm³/mol. The van der Waals surface area contributed by atoms with Gasteiger partial charge in [0.05, 0.1) is 0 Å². The first-order valence-electron chi connectivity index (χ1n) is 3.56. The van der Waals surface area contributed by atoms with Crippen molar-refractivity contribution in [1.29, 1.82) is 0 Å². The van der Waals surface area contributed by atoms with Crippen LogP contribution in [0.5, 0.6) is 0 Å². The summed E-state index contributed by atoms with van der Waals surface area (Å²) in [6, 6.07) is 5.53. The first kappa shape index (κ1) is 9.05. The molecule has 68 valence electrons. The molecule has 0 heterocycles. The number of urea groups is 1. The van der Waals surface area contributed by atoms with Gasteiger partial charge in [-0.1, -0.05) is 6.07 Å². The monoisotopic (exact) mass is 179 g/mol. The van der Waals surface area contributed by atoms with Gasteiger partial charge in [0.25, 0.3) is 0 Å². The number of carbonyl (C=O) groups is 2. The Hall–Kier alpha value is -2.04. The lowest BCUT2D eigenvalue weighted by Gasteiger charge is -2.02. The van der Waals surface area contributed by atoms with Crippen LogP contribution >= 0.6 is 0 Å². The van der Waals surface area contributed by atoms with Crippen LogP contribution in [-0.2, 0) is 0 Å². The molecule has 0 saturated heterocycles. The molecule has 0 aliphatic rings. The molecule has 0 aliphatic heterocycles. The van der Waals surface area contributed by atoms with E-state index in [0.29, 0.717) is 11.3 Å². The SMILES string of the molecule is NC(=O)Nc1cccc(C(N)=O)c1. The molecule has 0 unspecified atom stereocenters. The lowest BCUT2D eigenvalue weighted by atomic mass is 10.2. The average molecular weight is 179 g/mol. The summed E-state index contributed by atoms with van der Waals surface area (Å²) in [5.41, 5.74) is 10.7. The zero-order chi connectivity index (χ0) is 9.84. The first-order chi connectivity index (χ1) is 6.09. The van der Waals surface area contributed by atoms with Crippen LogP contribution in [0.15, 0.2) is 24.3 Å². The summed E-state index contributed by atoms with van der Waals surface area (Å²) in [5, 5.41) is 2.33. The third-order valence-corrected chi connectivity index (χ3v) is 1.41. The highest BCUT2D eigenvalue weighted by molar-refractivity contribution is 5.95. The summed E-state index contributed by atoms with van der Waals surface area (Å²) in [7, 11) is 0. The standard InChI is InChI=1S/C8H9N3O2/c9-7(12)5-2-1-3-6(4-5)11-8(10)13/h1-4H,(H2,9,12)(H3,10,11,13). The fourth-order valence-electron chi connectivity index (χ4n) is 0.892. The van der Waals surface area contributed by atoms with E-state index in [2.05, 4.69) is 5.32 Å². The van der Waals surface area contributed by atoms with Crippen LogP contribution in [0.25, 0.3) is 0 Å². The molecular formula is C8H9N3O2. The molecule has 5 heteroatoms. The molecule has 5 nitrogen and oxygen atoms in total. The van der Waals surface area contributed by atoms with Crippen molar-refractivity contribution >= 4 is 17.6 Å². The van der Waals surface area contributed by atoms with Crippen LogP contribution in [0.4, 0.5) is 10.5 Å². The van der Waals surface area contributed by atoms with Crippen LogP contribution in [-0.4, -0.2) is 11.9 Å². The quantitative estimate of drug-likeness (QED) is 0.607. The molecule has 3 amide bonds. The number of hydrogen-bond donors (Lipinski definition) is 3. The molecule has 13 heavy (non-hydrogen) atoms. The highest BCUT2D eigenvalue weighted by Gasteiger charge is 2.01. The fraction of sp³-hybridized carbons (Fsp3) is 0. The number of primary amides is 2. The Morgan fingerprint density at radius 2 is 1.92 bits per heavy atom. The second-order valence-corrected chi connectivity index (χ2v) is 2.43. The van der Waals surface area contributed by atoms with E-state index in [1.54, 1.807) is 18.2 Å². The summed E-state index contributed by atoms with van der Waals surface area (Å²) in [4.78, 5) is 21.2. The normalized spacial score (nSPS) is 9.23. The van der Waals surface area contributed by atoms with Crippen molar-refractivity contribution in [3.63, 3.8) is 0 Å². The van der Waals surface area contributed by atoms with Crippen molar-refractivity contribution in [3.05, 3.63) is 29.8 Å². The first-order valence-corrected chi connectivity index (χ1v) is 3.56. The highest BCUT2D eigenvalue weighted by atomic mass is 16.2. The van der Waals surface area contributed by atoms with Gasteiger partial charge in [0, 0.05) is 11.3 Å². The van der Waals surface area contributed by atoms with E-state index in [9.17, 15) is 9.59 Å². The minimum Gasteiger partial charge on any atom is -0.366 e. The molecule has 0 spiro atoms. The van der Waals surface area contributed by atoms with E-state index >= 15 is 0 Å². The molecule has 1 aromatic carbocycles. The zero-order valence-electron chi connectivity index (χ0n) is 6.78. The number of nitrogens with one attached hydrogen (secondary N) is 1. The number of rotatable bonds is 2. The van der Waals surface area contributed by atoms with Crippen molar-refractivity contribution in [1.82, 2.24) is 0 Å². The van der Waals surface area contributed by atoms with Crippen LogP contribution in [0, 0.1) is 0 Å². The van der Waals surface area contributed by atoms with Gasteiger partial charge in [-0.2, -0.15) is 0 Å². The lowest BCUT2D eigenvalue weighted by molar-refractivity contribution is 0.100. The number of carbonyl (C=O) groups excluding carboxylic acids is 2. The maximum atomic E-state index is 10.7. The van der Waals surface area contributed by atoms with Crippen molar-refractivity contribution in [2.45, 2.75) is 0 Å². The molecule has 0 aliphatic carbocycles. The number of benzene rings is 1. The second-order valence-electron chi connectivity index (χ2n) is 2.43. The second kappa shape index (κ2) is 3.57. The summed E-state index contributed by atoms with van der Waals surface area (Å²) in [5.74, 6) is -0.548. The largest absolute Gasteiger partial charge is 0.366 e. The van der Waals surface area contributed by atoms with E-state index in [0.717, 1.165) is 0 Å². The minimum absolute atomic E-state index is 0.325. The van der Waals surface area contributed by atoms with Gasteiger partial charge in [-0.05, 0) is 18.2 Å². The Labute approximate surface area is 74.7 Å². The van der Waals surface area contributed by atoms with Gasteiger partial charge < -0.3 is 16.8 Å². The Kier molecular flexibility index (Phi) is 2.49. The topological polar surface area (TPSA) is 98.2 Å². The van der Waals surface area contributed by atoms with Crippen molar-refractivity contribution in [2.24, 2.45) is 11.5 Å². The summed E-state index contributed by atoms with van der Waals surface area (Å²) >= 11 is 0. The van der Waals surface area contributed by atoms with Crippen LogP contribution < -0.4 is 16.8 Å². The highest BCUT2D eigenvalue weighted by Crippen LogP contribution is 2.09.